The molecule has 3 aromatic carbocycles. The molecule has 0 amide bonds. The molecule has 1 aliphatic rings. The van der Waals surface area contributed by atoms with Crippen molar-refractivity contribution in [2.24, 2.45) is 0 Å². The molecule has 3 aromatic rings. The molecular weight excluding hydrogens is 308 g/mol. The van der Waals surface area contributed by atoms with Crippen LogP contribution in [0, 0.1) is 0 Å². The van der Waals surface area contributed by atoms with Crippen LogP contribution in [0.3, 0.4) is 0 Å². The van der Waals surface area contributed by atoms with Gasteiger partial charge in [0.15, 0.2) is 11.6 Å². The van der Waals surface area contributed by atoms with E-state index in [4.69, 9.17) is 0 Å². The van der Waals surface area contributed by atoms with Crippen LogP contribution >= 0.6 is 0 Å². The first kappa shape index (κ1) is 15.3. The quantitative estimate of drug-likeness (QED) is 0.637. The van der Waals surface area contributed by atoms with Crippen LogP contribution < -0.4 is 0 Å². The zero-order valence-corrected chi connectivity index (χ0v) is 13.6. The SMILES string of the molecule is O=C(C1=Cc2ccccc2C1C(=O)c1ccccc1)c1ccccc1. The number of hydrogen-bond donors (Lipinski definition) is 0. The maximum Gasteiger partial charge on any atom is 0.190 e. The number of carbonyl (C=O) groups excluding carboxylic acids is 2. The van der Waals surface area contributed by atoms with Crippen molar-refractivity contribution in [1.82, 2.24) is 0 Å². The van der Waals surface area contributed by atoms with Gasteiger partial charge in [-0.25, -0.2) is 0 Å². The number of rotatable bonds is 4. The van der Waals surface area contributed by atoms with Crippen LogP contribution in [0.15, 0.2) is 90.5 Å². The Morgan fingerprint density at radius 2 is 1.20 bits per heavy atom. The first-order chi connectivity index (χ1) is 12.3. The minimum Gasteiger partial charge on any atom is -0.293 e. The van der Waals surface area contributed by atoms with Crippen LogP contribution in [0.5, 0.6) is 0 Å². The normalized spacial score (nSPS) is 15.4. The molecule has 0 saturated heterocycles. The first-order valence-corrected chi connectivity index (χ1v) is 8.25. The van der Waals surface area contributed by atoms with Crippen molar-refractivity contribution in [3.05, 3.63) is 113 Å². The second kappa shape index (κ2) is 6.33. The van der Waals surface area contributed by atoms with Gasteiger partial charge in [0.1, 0.15) is 0 Å². The van der Waals surface area contributed by atoms with E-state index in [0.29, 0.717) is 16.7 Å². The smallest absolute Gasteiger partial charge is 0.190 e. The average molecular weight is 324 g/mol. The molecule has 0 bridgehead atoms. The number of allylic oxidation sites excluding steroid dienone is 1. The van der Waals surface area contributed by atoms with E-state index in [9.17, 15) is 9.59 Å². The Morgan fingerprint density at radius 3 is 1.88 bits per heavy atom. The molecule has 1 unspecified atom stereocenters. The third-order valence-corrected chi connectivity index (χ3v) is 4.55. The van der Waals surface area contributed by atoms with Gasteiger partial charge in [0, 0.05) is 16.7 Å². The fourth-order valence-electron chi connectivity index (χ4n) is 3.33. The van der Waals surface area contributed by atoms with Gasteiger partial charge in [0.05, 0.1) is 5.92 Å². The number of benzene rings is 3. The molecule has 25 heavy (non-hydrogen) atoms. The maximum atomic E-state index is 13.2. The summed E-state index contributed by atoms with van der Waals surface area (Å²) in [5.74, 6) is -0.682. The molecule has 0 aliphatic heterocycles. The molecule has 1 aliphatic carbocycles. The summed E-state index contributed by atoms with van der Waals surface area (Å²) in [6.45, 7) is 0. The Bertz CT molecular complexity index is 969. The molecular formula is C23H16O2. The predicted molar refractivity (Wildman–Crippen MR) is 98.7 cm³/mol. The lowest BCUT2D eigenvalue weighted by molar-refractivity contribution is 0.0942. The highest BCUT2D eigenvalue weighted by molar-refractivity contribution is 6.20. The summed E-state index contributed by atoms with van der Waals surface area (Å²) in [6.07, 6.45) is 1.86. The van der Waals surface area contributed by atoms with Crippen molar-refractivity contribution in [2.45, 2.75) is 5.92 Å². The van der Waals surface area contributed by atoms with Crippen LogP contribution in [0.25, 0.3) is 6.08 Å². The first-order valence-electron chi connectivity index (χ1n) is 8.25. The van der Waals surface area contributed by atoms with E-state index in [0.717, 1.165) is 11.1 Å². The highest BCUT2D eigenvalue weighted by atomic mass is 16.1. The van der Waals surface area contributed by atoms with Gasteiger partial charge < -0.3 is 0 Å². The lowest BCUT2D eigenvalue weighted by Crippen LogP contribution is -2.18. The molecule has 0 radical (unpaired) electrons. The van der Waals surface area contributed by atoms with E-state index in [2.05, 4.69) is 0 Å². The highest BCUT2D eigenvalue weighted by Crippen LogP contribution is 2.39. The highest BCUT2D eigenvalue weighted by Gasteiger charge is 2.35. The monoisotopic (exact) mass is 324 g/mol. The Morgan fingerprint density at radius 1 is 0.640 bits per heavy atom. The van der Waals surface area contributed by atoms with Crippen LogP contribution in [0.2, 0.25) is 0 Å². The van der Waals surface area contributed by atoms with E-state index >= 15 is 0 Å². The summed E-state index contributed by atoms with van der Waals surface area (Å²) in [7, 11) is 0. The molecule has 0 saturated carbocycles. The molecule has 2 heteroatoms. The molecule has 0 N–H and O–H groups in total. The molecule has 0 spiro atoms. The van der Waals surface area contributed by atoms with Crippen molar-refractivity contribution in [3.8, 4) is 0 Å². The van der Waals surface area contributed by atoms with Gasteiger partial charge in [-0.05, 0) is 17.2 Å². The van der Waals surface area contributed by atoms with E-state index in [-0.39, 0.29) is 11.6 Å². The zero-order valence-electron chi connectivity index (χ0n) is 13.6. The fourth-order valence-corrected chi connectivity index (χ4v) is 3.33. The lowest BCUT2D eigenvalue weighted by atomic mass is 9.85. The molecule has 4 rings (SSSR count). The molecule has 1 atom stereocenters. The number of hydrogen-bond acceptors (Lipinski definition) is 2. The Labute approximate surface area is 146 Å². The van der Waals surface area contributed by atoms with E-state index in [1.54, 1.807) is 24.3 Å². The minimum absolute atomic E-state index is 0.0407. The standard InChI is InChI=1S/C23H16O2/c24-22(16-9-3-1-4-10-16)20-15-18-13-7-8-14-19(18)21(20)23(25)17-11-5-2-6-12-17/h1-15,21H. The van der Waals surface area contributed by atoms with Crippen molar-refractivity contribution in [3.63, 3.8) is 0 Å². The molecule has 0 heterocycles. The second-order valence-electron chi connectivity index (χ2n) is 6.09. The van der Waals surface area contributed by atoms with Gasteiger partial charge >= 0.3 is 0 Å². The predicted octanol–water partition coefficient (Wildman–Crippen LogP) is 4.93. The Hall–Kier alpha value is -3.26. The number of ketones is 2. The van der Waals surface area contributed by atoms with Crippen LogP contribution in [-0.4, -0.2) is 11.6 Å². The van der Waals surface area contributed by atoms with Crippen LogP contribution in [0.1, 0.15) is 37.8 Å². The average Bonchev–Trinajstić information content (AvgIpc) is 3.07. The second-order valence-corrected chi connectivity index (χ2v) is 6.09. The van der Waals surface area contributed by atoms with Gasteiger partial charge in [-0.2, -0.15) is 0 Å². The van der Waals surface area contributed by atoms with Gasteiger partial charge in [-0.15, -0.1) is 0 Å². The summed E-state index contributed by atoms with van der Waals surface area (Å²) in [4.78, 5) is 26.2. The summed E-state index contributed by atoms with van der Waals surface area (Å²) in [5, 5.41) is 0. The van der Waals surface area contributed by atoms with Gasteiger partial charge in [-0.1, -0.05) is 84.9 Å². The van der Waals surface area contributed by atoms with Crippen molar-refractivity contribution >= 4 is 17.6 Å². The largest absolute Gasteiger partial charge is 0.293 e. The van der Waals surface area contributed by atoms with E-state index in [1.165, 1.54) is 0 Å². The lowest BCUT2D eigenvalue weighted by Gasteiger charge is -2.15. The number of Topliss-reactive ketones (excluding diaryl/α,β-unsaturated/α-hetero) is 2. The summed E-state index contributed by atoms with van der Waals surface area (Å²) in [6, 6.07) is 26.0. The van der Waals surface area contributed by atoms with Crippen molar-refractivity contribution < 1.29 is 9.59 Å². The van der Waals surface area contributed by atoms with Gasteiger partial charge in [-0.3, -0.25) is 9.59 Å². The minimum atomic E-state index is -0.550. The van der Waals surface area contributed by atoms with Crippen LogP contribution in [-0.2, 0) is 0 Å². The maximum absolute atomic E-state index is 13.2. The van der Waals surface area contributed by atoms with E-state index in [1.807, 2.05) is 66.7 Å². The molecule has 0 aromatic heterocycles. The zero-order chi connectivity index (χ0) is 17.2. The molecule has 0 fully saturated rings. The fraction of sp³-hybridized carbons (Fsp3) is 0.0435. The molecule has 120 valence electrons. The van der Waals surface area contributed by atoms with Crippen LogP contribution in [0.4, 0.5) is 0 Å². The van der Waals surface area contributed by atoms with Crippen molar-refractivity contribution in [1.29, 1.82) is 0 Å². The number of carbonyl (C=O) groups is 2. The number of fused-ring (bicyclic) bond motifs is 1. The van der Waals surface area contributed by atoms with E-state index < -0.39 is 5.92 Å². The third-order valence-electron chi connectivity index (χ3n) is 4.55. The summed E-state index contributed by atoms with van der Waals surface area (Å²) in [5.41, 5.74) is 3.61. The summed E-state index contributed by atoms with van der Waals surface area (Å²) >= 11 is 0. The van der Waals surface area contributed by atoms with Gasteiger partial charge in [0.25, 0.3) is 0 Å². The third kappa shape index (κ3) is 2.72. The Kier molecular flexibility index (Phi) is 3.87. The van der Waals surface area contributed by atoms with Crippen molar-refractivity contribution in [2.75, 3.05) is 0 Å². The van der Waals surface area contributed by atoms with Gasteiger partial charge in [0.2, 0.25) is 0 Å². The Balaban J connectivity index is 1.80. The topological polar surface area (TPSA) is 34.1 Å². The summed E-state index contributed by atoms with van der Waals surface area (Å²) < 4.78 is 0. The molecule has 2 nitrogen and oxygen atoms in total.